The minimum atomic E-state index is 0.358. The first-order chi connectivity index (χ1) is 8.70. The highest BCUT2D eigenvalue weighted by molar-refractivity contribution is 9.10. The Balaban J connectivity index is 1.99. The zero-order chi connectivity index (χ0) is 13.0. The van der Waals surface area contributed by atoms with Gasteiger partial charge in [0.2, 0.25) is 0 Å². The van der Waals surface area contributed by atoms with Crippen LogP contribution in [-0.4, -0.2) is 26.2 Å². The van der Waals surface area contributed by atoms with Crippen LogP contribution in [0.3, 0.4) is 0 Å². The highest BCUT2D eigenvalue weighted by Crippen LogP contribution is 2.28. The van der Waals surface area contributed by atoms with E-state index in [0.29, 0.717) is 12.1 Å². The molecule has 1 aromatic carbocycles. The summed E-state index contributed by atoms with van der Waals surface area (Å²) in [5, 5.41) is 7.11. The Morgan fingerprint density at radius 3 is 2.94 bits per heavy atom. The molecule has 1 aromatic rings. The number of rotatable bonds is 4. The minimum Gasteiger partial charge on any atom is -0.496 e. The van der Waals surface area contributed by atoms with Gasteiger partial charge in [-0.25, -0.2) is 0 Å². The maximum Gasteiger partial charge on any atom is 0.133 e. The van der Waals surface area contributed by atoms with Crippen LogP contribution in [0.1, 0.15) is 31.4 Å². The van der Waals surface area contributed by atoms with Crippen LogP contribution in [-0.2, 0) is 0 Å². The molecule has 0 bridgehead atoms. The van der Waals surface area contributed by atoms with Crippen molar-refractivity contribution >= 4 is 15.9 Å². The Morgan fingerprint density at radius 2 is 2.33 bits per heavy atom. The second-order valence-corrected chi connectivity index (χ2v) is 5.68. The fourth-order valence-electron chi connectivity index (χ4n) is 2.40. The molecule has 1 fully saturated rings. The summed E-state index contributed by atoms with van der Waals surface area (Å²) < 4.78 is 6.26. The summed E-state index contributed by atoms with van der Waals surface area (Å²) >= 11 is 3.54. The maximum absolute atomic E-state index is 5.25. The molecule has 0 aliphatic carbocycles. The Hall–Kier alpha value is -0.580. The quantitative estimate of drug-likeness (QED) is 0.897. The van der Waals surface area contributed by atoms with Crippen molar-refractivity contribution in [2.75, 3.05) is 20.2 Å². The van der Waals surface area contributed by atoms with Crippen molar-refractivity contribution in [2.45, 2.75) is 31.8 Å². The highest BCUT2D eigenvalue weighted by atomic mass is 79.9. The summed E-state index contributed by atoms with van der Waals surface area (Å²) in [6.07, 6.45) is 2.52. The molecular weight excluding hydrogens is 292 g/mol. The lowest BCUT2D eigenvalue weighted by molar-refractivity contribution is 0.361. The first-order valence-electron chi connectivity index (χ1n) is 6.51. The van der Waals surface area contributed by atoms with Gasteiger partial charge < -0.3 is 15.4 Å². The molecule has 100 valence electrons. The van der Waals surface area contributed by atoms with Crippen LogP contribution in [0.2, 0.25) is 0 Å². The smallest absolute Gasteiger partial charge is 0.133 e. The van der Waals surface area contributed by atoms with E-state index in [1.807, 2.05) is 6.07 Å². The van der Waals surface area contributed by atoms with E-state index >= 15 is 0 Å². The molecule has 4 heteroatoms. The predicted octanol–water partition coefficient (Wildman–Crippen LogP) is 2.86. The van der Waals surface area contributed by atoms with Gasteiger partial charge in [-0.2, -0.15) is 0 Å². The number of methoxy groups -OCH3 is 1. The van der Waals surface area contributed by atoms with Crippen LogP contribution in [0.5, 0.6) is 5.75 Å². The fourth-order valence-corrected chi connectivity index (χ4v) is 2.95. The molecule has 0 radical (unpaired) electrons. The molecule has 1 heterocycles. The predicted molar refractivity (Wildman–Crippen MR) is 78.1 cm³/mol. The molecule has 0 saturated carbocycles. The summed E-state index contributed by atoms with van der Waals surface area (Å²) in [5.74, 6) is 0.880. The van der Waals surface area contributed by atoms with E-state index in [0.717, 1.165) is 23.3 Å². The van der Waals surface area contributed by atoms with Crippen LogP contribution >= 0.6 is 15.9 Å². The molecule has 2 unspecified atom stereocenters. The van der Waals surface area contributed by atoms with Crippen LogP contribution in [0.25, 0.3) is 0 Å². The van der Waals surface area contributed by atoms with E-state index in [1.165, 1.54) is 18.4 Å². The van der Waals surface area contributed by atoms with Gasteiger partial charge in [0.1, 0.15) is 5.75 Å². The van der Waals surface area contributed by atoms with Gasteiger partial charge >= 0.3 is 0 Å². The van der Waals surface area contributed by atoms with E-state index < -0.39 is 0 Å². The number of ether oxygens (including phenoxy) is 1. The summed E-state index contributed by atoms with van der Waals surface area (Å²) in [6.45, 7) is 4.44. The van der Waals surface area contributed by atoms with E-state index in [2.05, 4.69) is 45.6 Å². The molecule has 3 nitrogen and oxygen atoms in total. The second-order valence-electron chi connectivity index (χ2n) is 4.83. The van der Waals surface area contributed by atoms with Gasteiger partial charge in [-0.05, 0) is 59.9 Å². The largest absolute Gasteiger partial charge is 0.496 e. The number of halogens is 1. The molecule has 2 N–H and O–H groups in total. The van der Waals surface area contributed by atoms with Crippen LogP contribution in [0.4, 0.5) is 0 Å². The van der Waals surface area contributed by atoms with Crippen LogP contribution < -0.4 is 15.4 Å². The lowest BCUT2D eigenvalue weighted by atomic mass is 10.0. The molecule has 18 heavy (non-hydrogen) atoms. The van der Waals surface area contributed by atoms with Crippen molar-refractivity contribution in [3.05, 3.63) is 28.2 Å². The zero-order valence-corrected chi connectivity index (χ0v) is 12.6. The molecule has 1 saturated heterocycles. The molecule has 0 spiro atoms. The number of nitrogens with one attached hydrogen (secondary N) is 2. The number of hydrogen-bond donors (Lipinski definition) is 2. The average Bonchev–Trinajstić information content (AvgIpc) is 2.39. The van der Waals surface area contributed by atoms with Crippen LogP contribution in [0, 0.1) is 0 Å². The van der Waals surface area contributed by atoms with Gasteiger partial charge in [0.15, 0.2) is 0 Å². The van der Waals surface area contributed by atoms with Crippen molar-refractivity contribution < 1.29 is 4.74 Å². The zero-order valence-electron chi connectivity index (χ0n) is 11.0. The lowest BCUT2D eigenvalue weighted by Crippen LogP contribution is -2.43. The first-order valence-corrected chi connectivity index (χ1v) is 7.30. The third kappa shape index (κ3) is 3.46. The van der Waals surface area contributed by atoms with E-state index in [4.69, 9.17) is 4.74 Å². The monoisotopic (exact) mass is 312 g/mol. The highest BCUT2D eigenvalue weighted by Gasteiger charge is 2.16. The molecule has 2 rings (SSSR count). The molecule has 2 atom stereocenters. The third-order valence-electron chi connectivity index (χ3n) is 3.46. The van der Waals surface area contributed by atoms with Gasteiger partial charge in [0.05, 0.1) is 11.6 Å². The van der Waals surface area contributed by atoms with Crippen molar-refractivity contribution in [1.29, 1.82) is 0 Å². The molecule has 1 aliphatic rings. The number of benzene rings is 1. The molecule has 1 aliphatic heterocycles. The van der Waals surface area contributed by atoms with Gasteiger partial charge in [0.25, 0.3) is 0 Å². The summed E-state index contributed by atoms with van der Waals surface area (Å²) in [4.78, 5) is 0. The summed E-state index contributed by atoms with van der Waals surface area (Å²) in [7, 11) is 1.69. The lowest BCUT2D eigenvalue weighted by Gasteiger charge is -2.27. The topological polar surface area (TPSA) is 33.3 Å². The summed E-state index contributed by atoms with van der Waals surface area (Å²) in [5.41, 5.74) is 1.29. The van der Waals surface area contributed by atoms with E-state index in [-0.39, 0.29) is 0 Å². The Morgan fingerprint density at radius 1 is 1.50 bits per heavy atom. The average molecular weight is 313 g/mol. The third-order valence-corrected chi connectivity index (χ3v) is 4.08. The fraction of sp³-hybridized carbons (Fsp3) is 0.571. The Bertz CT molecular complexity index is 391. The maximum atomic E-state index is 5.25. The normalized spacial score (nSPS) is 21.6. The number of hydrogen-bond acceptors (Lipinski definition) is 3. The number of piperidine rings is 1. The van der Waals surface area contributed by atoms with E-state index in [1.54, 1.807) is 7.11 Å². The van der Waals surface area contributed by atoms with Crippen molar-refractivity contribution in [2.24, 2.45) is 0 Å². The second kappa shape index (κ2) is 6.55. The Labute approximate surface area is 117 Å². The first kappa shape index (κ1) is 13.8. The minimum absolute atomic E-state index is 0.358. The van der Waals surface area contributed by atoms with Crippen molar-refractivity contribution in [1.82, 2.24) is 10.6 Å². The van der Waals surface area contributed by atoms with Gasteiger partial charge in [-0.1, -0.05) is 6.07 Å². The van der Waals surface area contributed by atoms with Crippen LogP contribution in [0.15, 0.2) is 22.7 Å². The van der Waals surface area contributed by atoms with E-state index in [9.17, 15) is 0 Å². The van der Waals surface area contributed by atoms with Crippen molar-refractivity contribution in [3.8, 4) is 5.75 Å². The molecule has 0 amide bonds. The van der Waals surface area contributed by atoms with Gasteiger partial charge in [-0.15, -0.1) is 0 Å². The van der Waals surface area contributed by atoms with Gasteiger partial charge in [0, 0.05) is 18.6 Å². The van der Waals surface area contributed by atoms with Crippen molar-refractivity contribution in [3.63, 3.8) is 0 Å². The molecular formula is C14H21BrN2O. The van der Waals surface area contributed by atoms with Gasteiger partial charge in [-0.3, -0.25) is 0 Å². The standard InChI is InChI=1S/C14H21BrN2O/c1-10(17-12-4-3-7-16-9-12)11-5-6-14(18-2)13(15)8-11/h5-6,8,10,12,16-17H,3-4,7,9H2,1-2H3. The molecule has 0 aromatic heterocycles. The summed E-state index contributed by atoms with van der Waals surface area (Å²) in [6, 6.07) is 7.20. The SMILES string of the molecule is COc1ccc(C(C)NC2CCCNC2)cc1Br. The Kier molecular flexibility index (Phi) is 5.03.